The van der Waals surface area contributed by atoms with Gasteiger partial charge in [-0.1, -0.05) is 24.3 Å². The number of nitrogens with zero attached hydrogens (tertiary/aromatic N) is 2. The number of rotatable bonds is 9. The second kappa shape index (κ2) is 9.82. The molecule has 0 fully saturated rings. The fraction of sp³-hybridized carbons (Fsp3) is 0.261. The van der Waals surface area contributed by atoms with Crippen LogP contribution >= 0.6 is 0 Å². The van der Waals surface area contributed by atoms with Gasteiger partial charge in [-0.2, -0.15) is 0 Å². The summed E-state index contributed by atoms with van der Waals surface area (Å²) in [5, 5.41) is 2.87. The number of ether oxygens (including phenoxy) is 1. The molecular formula is C23H24FN3O3. The van der Waals surface area contributed by atoms with Crippen LogP contribution in [0.15, 0.2) is 60.9 Å². The molecule has 3 rings (SSSR count). The molecule has 0 aliphatic rings. The maximum Gasteiger partial charge on any atom is 0.258 e. The highest BCUT2D eigenvalue weighted by Crippen LogP contribution is 2.21. The van der Waals surface area contributed by atoms with Crippen molar-refractivity contribution in [1.29, 1.82) is 0 Å². The van der Waals surface area contributed by atoms with E-state index in [2.05, 4.69) is 10.3 Å². The van der Waals surface area contributed by atoms with E-state index in [1.54, 1.807) is 48.1 Å². The Labute approximate surface area is 174 Å². The van der Waals surface area contributed by atoms with Crippen molar-refractivity contribution in [2.45, 2.75) is 25.8 Å². The van der Waals surface area contributed by atoms with Gasteiger partial charge in [0.2, 0.25) is 0 Å². The molecule has 0 aliphatic carbocycles. The minimum atomic E-state index is -0.606. The lowest BCUT2D eigenvalue weighted by Crippen LogP contribution is -2.34. The number of amides is 1. The molecule has 0 radical (unpaired) electrons. The summed E-state index contributed by atoms with van der Waals surface area (Å²) >= 11 is 0. The molecule has 7 heteroatoms. The molecule has 1 unspecified atom stereocenters. The van der Waals surface area contributed by atoms with Crippen LogP contribution in [0.4, 0.5) is 4.39 Å². The van der Waals surface area contributed by atoms with Crippen molar-refractivity contribution in [3.05, 3.63) is 83.7 Å². The van der Waals surface area contributed by atoms with Crippen molar-refractivity contribution in [1.82, 2.24) is 14.9 Å². The number of aromatic nitrogens is 2. The lowest BCUT2D eigenvalue weighted by molar-refractivity contribution is -0.123. The molecule has 1 amide bonds. The van der Waals surface area contributed by atoms with E-state index in [9.17, 15) is 14.0 Å². The molecule has 30 heavy (non-hydrogen) atoms. The first-order valence-electron chi connectivity index (χ1n) is 9.65. The summed E-state index contributed by atoms with van der Waals surface area (Å²) in [7, 11) is 1.81. The van der Waals surface area contributed by atoms with Gasteiger partial charge >= 0.3 is 0 Å². The molecule has 0 saturated carbocycles. The number of imidazole rings is 1. The van der Waals surface area contributed by atoms with Gasteiger partial charge < -0.3 is 19.4 Å². The van der Waals surface area contributed by atoms with E-state index in [-0.39, 0.29) is 24.1 Å². The second-order valence-corrected chi connectivity index (χ2v) is 7.09. The predicted octanol–water partition coefficient (Wildman–Crippen LogP) is 3.37. The molecule has 1 N–H and O–H groups in total. The summed E-state index contributed by atoms with van der Waals surface area (Å²) in [6.07, 6.45) is 4.56. The summed E-state index contributed by atoms with van der Waals surface area (Å²) < 4.78 is 21.1. The number of halogens is 1. The van der Waals surface area contributed by atoms with Crippen LogP contribution in [0.3, 0.4) is 0 Å². The Bertz CT molecular complexity index is 1010. The fourth-order valence-corrected chi connectivity index (χ4v) is 3.06. The zero-order valence-corrected chi connectivity index (χ0v) is 17.0. The Morgan fingerprint density at radius 2 is 1.97 bits per heavy atom. The molecule has 6 nitrogen and oxygen atoms in total. The summed E-state index contributed by atoms with van der Waals surface area (Å²) in [6.45, 7) is 1.38. The lowest BCUT2D eigenvalue weighted by Gasteiger charge is -2.19. The molecule has 156 valence electrons. The quantitative estimate of drug-likeness (QED) is 0.588. The Kier molecular flexibility index (Phi) is 6.95. The monoisotopic (exact) mass is 409 g/mol. The van der Waals surface area contributed by atoms with Crippen molar-refractivity contribution in [2.75, 3.05) is 6.61 Å². The number of aryl methyl sites for hydroxylation is 2. The zero-order valence-electron chi connectivity index (χ0n) is 17.0. The molecule has 2 aromatic carbocycles. The van der Waals surface area contributed by atoms with Gasteiger partial charge in [-0.3, -0.25) is 4.79 Å². The van der Waals surface area contributed by atoms with Crippen molar-refractivity contribution in [3.63, 3.8) is 0 Å². The largest absolute Gasteiger partial charge is 0.484 e. The molecule has 0 bridgehead atoms. The first kappa shape index (κ1) is 21.2. The highest BCUT2D eigenvalue weighted by molar-refractivity contribution is 5.78. The maximum absolute atomic E-state index is 13.7. The van der Waals surface area contributed by atoms with Crippen LogP contribution in [0.5, 0.6) is 5.75 Å². The Balaban J connectivity index is 1.64. The molecule has 1 aromatic heterocycles. The van der Waals surface area contributed by atoms with Crippen molar-refractivity contribution in [2.24, 2.45) is 7.05 Å². The molecular weight excluding hydrogens is 385 g/mol. The lowest BCUT2D eigenvalue weighted by atomic mass is 10.1. The fourth-order valence-electron chi connectivity index (χ4n) is 3.06. The summed E-state index contributed by atoms with van der Waals surface area (Å²) in [4.78, 5) is 27.9. The van der Waals surface area contributed by atoms with Crippen LogP contribution < -0.4 is 10.1 Å². The third-order valence-corrected chi connectivity index (χ3v) is 4.66. The smallest absolute Gasteiger partial charge is 0.258 e. The van der Waals surface area contributed by atoms with Crippen LogP contribution in [0.25, 0.3) is 0 Å². The van der Waals surface area contributed by atoms with Gasteiger partial charge in [0.15, 0.2) is 6.61 Å². The van der Waals surface area contributed by atoms with Gasteiger partial charge in [0.25, 0.3) is 5.91 Å². The van der Waals surface area contributed by atoms with Gasteiger partial charge in [-0.25, -0.2) is 9.37 Å². The van der Waals surface area contributed by atoms with Crippen molar-refractivity contribution < 1.29 is 18.7 Å². The van der Waals surface area contributed by atoms with Gasteiger partial charge in [-0.15, -0.1) is 0 Å². The predicted molar refractivity (Wildman–Crippen MR) is 111 cm³/mol. The summed E-state index contributed by atoms with van der Waals surface area (Å²) in [6, 6.07) is 12.7. The molecule has 3 aromatic rings. The number of carbonyl (C=O) groups excluding carboxylic acids is 2. The highest BCUT2D eigenvalue weighted by atomic mass is 19.1. The van der Waals surface area contributed by atoms with E-state index < -0.39 is 6.04 Å². The minimum Gasteiger partial charge on any atom is -0.484 e. The first-order valence-corrected chi connectivity index (χ1v) is 9.65. The van der Waals surface area contributed by atoms with Gasteiger partial charge in [0.1, 0.15) is 29.2 Å². The summed E-state index contributed by atoms with van der Waals surface area (Å²) in [5.74, 6) is 0.544. The Hall–Kier alpha value is -3.48. The van der Waals surface area contributed by atoms with Crippen molar-refractivity contribution in [3.8, 4) is 5.75 Å². The molecule has 1 atom stereocenters. The number of ketones is 1. The van der Waals surface area contributed by atoms with E-state index in [4.69, 9.17) is 4.74 Å². The van der Waals surface area contributed by atoms with Crippen molar-refractivity contribution >= 4 is 11.7 Å². The van der Waals surface area contributed by atoms with Crippen LogP contribution in [-0.4, -0.2) is 27.8 Å². The van der Waals surface area contributed by atoms with Crippen LogP contribution in [0, 0.1) is 5.82 Å². The SMILES string of the molecule is CC(=O)CCc1ccc(OCC(=O)NC(c2cccc(F)c2)c2nccn2C)cc1. The third-order valence-electron chi connectivity index (χ3n) is 4.66. The van der Waals surface area contributed by atoms with Crippen LogP contribution in [0.2, 0.25) is 0 Å². The number of hydrogen-bond donors (Lipinski definition) is 1. The molecule has 0 aliphatic heterocycles. The Morgan fingerprint density at radius 1 is 1.20 bits per heavy atom. The number of hydrogen-bond acceptors (Lipinski definition) is 4. The van der Waals surface area contributed by atoms with Crippen LogP contribution in [-0.2, 0) is 23.1 Å². The van der Waals surface area contributed by atoms with Gasteiger partial charge in [-0.05, 0) is 48.7 Å². The number of carbonyl (C=O) groups is 2. The van der Waals surface area contributed by atoms with Crippen LogP contribution in [0.1, 0.15) is 36.3 Å². The van der Waals surface area contributed by atoms with E-state index in [1.165, 1.54) is 12.1 Å². The average molecular weight is 409 g/mol. The first-order chi connectivity index (χ1) is 14.4. The highest BCUT2D eigenvalue weighted by Gasteiger charge is 2.21. The third kappa shape index (κ3) is 5.76. The van der Waals surface area contributed by atoms with Gasteiger partial charge in [0.05, 0.1) is 0 Å². The molecule has 1 heterocycles. The minimum absolute atomic E-state index is 0.146. The number of Topliss-reactive ketones (excluding diaryl/α,β-unsaturated/α-hetero) is 1. The molecule has 0 saturated heterocycles. The van der Waals surface area contributed by atoms with E-state index in [1.807, 2.05) is 19.2 Å². The van der Waals surface area contributed by atoms with E-state index in [0.717, 1.165) is 5.56 Å². The standard InChI is InChI=1S/C23H24FN3O3/c1-16(28)6-7-17-8-10-20(11-9-17)30-15-21(29)26-22(23-25-12-13-27(23)2)18-4-3-5-19(24)14-18/h3-5,8-14,22H,6-7,15H2,1-2H3,(H,26,29). The van der Waals surface area contributed by atoms with E-state index >= 15 is 0 Å². The normalized spacial score (nSPS) is 11.7. The van der Waals surface area contributed by atoms with Gasteiger partial charge in [0, 0.05) is 25.9 Å². The number of benzene rings is 2. The summed E-state index contributed by atoms with van der Waals surface area (Å²) in [5.41, 5.74) is 1.62. The topological polar surface area (TPSA) is 73.2 Å². The number of nitrogens with one attached hydrogen (secondary N) is 1. The maximum atomic E-state index is 13.7. The Morgan fingerprint density at radius 3 is 2.60 bits per heavy atom. The second-order valence-electron chi connectivity index (χ2n) is 7.09. The average Bonchev–Trinajstić information content (AvgIpc) is 3.15. The zero-order chi connectivity index (χ0) is 21.5. The molecule has 0 spiro atoms. The van der Waals surface area contributed by atoms with E-state index in [0.29, 0.717) is 30.0 Å².